The van der Waals surface area contributed by atoms with Crippen LogP contribution in [-0.2, 0) is 4.79 Å². The molecule has 0 spiro atoms. The van der Waals surface area contributed by atoms with Gasteiger partial charge in [0.15, 0.2) is 0 Å². The fraction of sp³-hybridized carbons (Fsp3) is 0.625. The van der Waals surface area contributed by atoms with E-state index in [-0.39, 0.29) is 0 Å². The lowest BCUT2D eigenvalue weighted by atomic mass is 10.1. The lowest BCUT2D eigenvalue weighted by Gasteiger charge is -2.36. The Hall–Kier alpha value is -1.78. The SMILES string of the molecule is CCCCCCC(=O)N1CCN(c2ccc(N)nc2)CC1. The van der Waals surface area contributed by atoms with Gasteiger partial charge in [0.2, 0.25) is 5.91 Å². The molecular formula is C16H26N4O. The number of carbonyl (C=O) groups excluding carboxylic acids is 1. The molecule has 0 unspecified atom stereocenters. The summed E-state index contributed by atoms with van der Waals surface area (Å²) in [6.45, 7) is 5.53. The molecule has 2 N–H and O–H groups in total. The third-order valence-corrected chi connectivity index (χ3v) is 4.01. The smallest absolute Gasteiger partial charge is 0.222 e. The monoisotopic (exact) mass is 290 g/mol. The minimum absolute atomic E-state index is 0.307. The van der Waals surface area contributed by atoms with Gasteiger partial charge in [-0.3, -0.25) is 4.79 Å². The van der Waals surface area contributed by atoms with E-state index in [1.807, 2.05) is 17.0 Å². The van der Waals surface area contributed by atoms with E-state index in [2.05, 4.69) is 16.8 Å². The van der Waals surface area contributed by atoms with Gasteiger partial charge < -0.3 is 15.5 Å². The first-order chi connectivity index (χ1) is 10.2. The van der Waals surface area contributed by atoms with Gasteiger partial charge in [-0.1, -0.05) is 26.2 Å². The molecule has 0 aliphatic carbocycles. The number of nitrogens with two attached hydrogens (primary N) is 1. The van der Waals surface area contributed by atoms with Crippen molar-refractivity contribution in [3.05, 3.63) is 18.3 Å². The highest BCUT2D eigenvalue weighted by Gasteiger charge is 2.20. The molecule has 116 valence electrons. The quantitative estimate of drug-likeness (QED) is 0.816. The number of hydrogen-bond donors (Lipinski definition) is 1. The van der Waals surface area contributed by atoms with Gasteiger partial charge in [-0.25, -0.2) is 4.98 Å². The first-order valence-electron chi connectivity index (χ1n) is 7.95. The van der Waals surface area contributed by atoms with Gasteiger partial charge in [-0.2, -0.15) is 0 Å². The number of hydrogen-bond acceptors (Lipinski definition) is 4. The Morgan fingerprint density at radius 1 is 1.19 bits per heavy atom. The Labute approximate surface area is 127 Å². The van der Waals surface area contributed by atoms with Crippen molar-refractivity contribution in [3.8, 4) is 0 Å². The number of pyridine rings is 1. The number of unbranched alkanes of at least 4 members (excludes halogenated alkanes) is 3. The minimum Gasteiger partial charge on any atom is -0.384 e. The predicted octanol–water partition coefficient (Wildman–Crippen LogP) is 2.28. The lowest BCUT2D eigenvalue weighted by molar-refractivity contribution is -0.131. The van der Waals surface area contributed by atoms with Crippen molar-refractivity contribution in [1.82, 2.24) is 9.88 Å². The van der Waals surface area contributed by atoms with Crippen LogP contribution in [0.1, 0.15) is 39.0 Å². The number of nitrogens with zero attached hydrogens (tertiary/aromatic N) is 3. The van der Waals surface area contributed by atoms with Crippen LogP contribution in [0.25, 0.3) is 0 Å². The van der Waals surface area contributed by atoms with Crippen LogP contribution in [0.2, 0.25) is 0 Å². The van der Waals surface area contributed by atoms with Gasteiger partial charge in [0, 0.05) is 32.6 Å². The van der Waals surface area contributed by atoms with Crippen LogP contribution < -0.4 is 10.6 Å². The molecule has 1 aromatic heterocycles. The Morgan fingerprint density at radius 2 is 1.95 bits per heavy atom. The van der Waals surface area contributed by atoms with Crippen molar-refractivity contribution in [2.75, 3.05) is 36.8 Å². The van der Waals surface area contributed by atoms with Crippen LogP contribution in [0.15, 0.2) is 18.3 Å². The Balaban J connectivity index is 1.75. The van der Waals surface area contributed by atoms with Crippen molar-refractivity contribution in [2.45, 2.75) is 39.0 Å². The summed E-state index contributed by atoms with van der Waals surface area (Å²) in [6.07, 6.45) is 7.13. The molecule has 0 saturated carbocycles. The van der Waals surface area contributed by atoms with Crippen molar-refractivity contribution in [2.24, 2.45) is 0 Å². The summed E-state index contributed by atoms with van der Waals surface area (Å²) in [5.41, 5.74) is 6.69. The zero-order valence-electron chi connectivity index (χ0n) is 12.9. The fourth-order valence-electron chi connectivity index (χ4n) is 2.66. The summed E-state index contributed by atoms with van der Waals surface area (Å²) in [5.74, 6) is 0.848. The number of amides is 1. The molecule has 5 nitrogen and oxygen atoms in total. The van der Waals surface area contributed by atoms with E-state index < -0.39 is 0 Å². The van der Waals surface area contributed by atoms with E-state index in [9.17, 15) is 4.79 Å². The van der Waals surface area contributed by atoms with Crippen molar-refractivity contribution >= 4 is 17.4 Å². The minimum atomic E-state index is 0.307. The first-order valence-corrected chi connectivity index (χ1v) is 7.95. The Morgan fingerprint density at radius 3 is 2.57 bits per heavy atom. The van der Waals surface area contributed by atoms with Crippen LogP contribution in [-0.4, -0.2) is 42.0 Å². The molecule has 1 saturated heterocycles. The van der Waals surface area contributed by atoms with E-state index in [1.165, 1.54) is 19.3 Å². The molecule has 1 aliphatic rings. The second-order valence-electron chi connectivity index (χ2n) is 5.62. The standard InChI is InChI=1S/C16H26N4O/c1-2-3-4-5-6-16(21)20-11-9-19(10-12-20)14-7-8-15(17)18-13-14/h7-8,13H,2-6,9-12H2,1H3,(H2,17,18). The van der Waals surface area contributed by atoms with Crippen LogP contribution in [0.5, 0.6) is 0 Å². The largest absolute Gasteiger partial charge is 0.384 e. The molecule has 0 atom stereocenters. The third-order valence-electron chi connectivity index (χ3n) is 4.01. The Kier molecular flexibility index (Phi) is 5.84. The lowest BCUT2D eigenvalue weighted by Crippen LogP contribution is -2.48. The normalized spacial score (nSPS) is 15.3. The zero-order chi connectivity index (χ0) is 15.1. The van der Waals surface area contributed by atoms with Crippen LogP contribution in [0, 0.1) is 0 Å². The third kappa shape index (κ3) is 4.62. The molecular weight excluding hydrogens is 264 g/mol. The highest BCUT2D eigenvalue weighted by Crippen LogP contribution is 2.17. The van der Waals surface area contributed by atoms with Crippen LogP contribution in [0.3, 0.4) is 0 Å². The number of carbonyl (C=O) groups is 1. The second kappa shape index (κ2) is 7.86. The zero-order valence-corrected chi connectivity index (χ0v) is 12.9. The molecule has 5 heteroatoms. The summed E-state index contributed by atoms with van der Waals surface area (Å²) in [6, 6.07) is 3.81. The molecule has 1 amide bonds. The van der Waals surface area contributed by atoms with E-state index in [4.69, 9.17) is 5.73 Å². The average Bonchev–Trinajstić information content (AvgIpc) is 2.52. The van der Waals surface area contributed by atoms with E-state index in [0.717, 1.165) is 38.3 Å². The number of nitrogen functional groups attached to an aromatic ring is 1. The molecule has 1 fully saturated rings. The van der Waals surface area contributed by atoms with Crippen molar-refractivity contribution < 1.29 is 4.79 Å². The summed E-state index contributed by atoms with van der Waals surface area (Å²) in [5, 5.41) is 0. The maximum atomic E-state index is 12.1. The summed E-state index contributed by atoms with van der Waals surface area (Å²) in [7, 11) is 0. The number of rotatable bonds is 6. The number of piperazine rings is 1. The molecule has 0 radical (unpaired) electrons. The van der Waals surface area contributed by atoms with Crippen LogP contribution in [0.4, 0.5) is 11.5 Å². The van der Waals surface area contributed by atoms with E-state index in [0.29, 0.717) is 18.1 Å². The van der Waals surface area contributed by atoms with Gasteiger partial charge in [-0.15, -0.1) is 0 Å². The number of aromatic nitrogens is 1. The molecule has 0 bridgehead atoms. The van der Waals surface area contributed by atoms with Gasteiger partial charge in [0.25, 0.3) is 0 Å². The highest BCUT2D eigenvalue weighted by molar-refractivity contribution is 5.76. The van der Waals surface area contributed by atoms with Gasteiger partial charge in [0.1, 0.15) is 5.82 Å². The van der Waals surface area contributed by atoms with Crippen molar-refractivity contribution in [3.63, 3.8) is 0 Å². The molecule has 21 heavy (non-hydrogen) atoms. The molecule has 2 rings (SSSR count). The van der Waals surface area contributed by atoms with E-state index >= 15 is 0 Å². The topological polar surface area (TPSA) is 62.5 Å². The molecule has 1 aromatic rings. The van der Waals surface area contributed by atoms with E-state index in [1.54, 1.807) is 6.20 Å². The number of anilines is 2. The average molecular weight is 290 g/mol. The predicted molar refractivity (Wildman–Crippen MR) is 86.2 cm³/mol. The molecule has 1 aliphatic heterocycles. The van der Waals surface area contributed by atoms with Crippen molar-refractivity contribution in [1.29, 1.82) is 0 Å². The van der Waals surface area contributed by atoms with Crippen LogP contribution >= 0.6 is 0 Å². The fourth-order valence-corrected chi connectivity index (χ4v) is 2.66. The maximum Gasteiger partial charge on any atom is 0.222 e. The summed E-state index contributed by atoms with van der Waals surface area (Å²) < 4.78 is 0. The first kappa shape index (κ1) is 15.6. The highest BCUT2D eigenvalue weighted by atomic mass is 16.2. The Bertz CT molecular complexity index is 438. The molecule has 2 heterocycles. The van der Waals surface area contributed by atoms with Gasteiger partial charge >= 0.3 is 0 Å². The molecule has 0 aromatic carbocycles. The summed E-state index contributed by atoms with van der Waals surface area (Å²) in [4.78, 5) is 20.5. The van der Waals surface area contributed by atoms with Gasteiger partial charge in [-0.05, 0) is 18.6 Å². The summed E-state index contributed by atoms with van der Waals surface area (Å²) >= 11 is 0. The second-order valence-corrected chi connectivity index (χ2v) is 5.62. The maximum absolute atomic E-state index is 12.1. The van der Waals surface area contributed by atoms with Gasteiger partial charge in [0.05, 0.1) is 11.9 Å².